The van der Waals surface area contributed by atoms with Crippen LogP contribution in [0.3, 0.4) is 0 Å². The minimum atomic E-state index is -2.33. The molecule has 3 N–H and O–H groups in total. The van der Waals surface area contributed by atoms with E-state index in [2.05, 4.69) is 45.3 Å². The summed E-state index contributed by atoms with van der Waals surface area (Å²) in [5, 5.41) is 17.8. The monoisotopic (exact) mass is 574 g/mol. The molecular formula is C27H35BrN4O5. The normalized spacial score (nSPS) is 21.1. The zero-order valence-electron chi connectivity index (χ0n) is 21.7. The van der Waals surface area contributed by atoms with Crippen LogP contribution in [0.1, 0.15) is 32.3 Å². The molecule has 2 aromatic rings. The number of rotatable bonds is 8. The number of amides is 3. The lowest BCUT2D eigenvalue weighted by Gasteiger charge is -2.43. The first kappa shape index (κ1) is 27.2. The average Bonchev–Trinajstić information content (AvgIpc) is 2.89. The Balaban J connectivity index is 1.65. The van der Waals surface area contributed by atoms with E-state index in [1.807, 2.05) is 0 Å². The maximum Gasteiger partial charge on any atom is 0.329 e. The predicted octanol–water partition coefficient (Wildman–Crippen LogP) is 4.15. The summed E-state index contributed by atoms with van der Waals surface area (Å²) in [6.45, 7) is 7.66. The second-order valence-corrected chi connectivity index (χ2v) is 10.9. The Morgan fingerprint density at radius 2 is 1.95 bits per heavy atom. The fourth-order valence-corrected chi connectivity index (χ4v) is 5.33. The molecule has 2 heterocycles. The fourth-order valence-electron chi connectivity index (χ4n) is 4.97. The third-order valence-corrected chi connectivity index (χ3v) is 7.62. The van der Waals surface area contributed by atoms with Gasteiger partial charge in [0.05, 0.1) is 25.6 Å². The van der Waals surface area contributed by atoms with Crippen molar-refractivity contribution < 1.29 is 24.2 Å². The molecule has 3 amide bonds. The van der Waals surface area contributed by atoms with Gasteiger partial charge in [0, 0.05) is 29.2 Å². The molecule has 0 saturated carbocycles. The average molecular weight is 576 g/mol. The summed E-state index contributed by atoms with van der Waals surface area (Å²) in [5.41, 5.74) is -1.51. The van der Waals surface area contributed by atoms with E-state index in [0.29, 0.717) is 22.5 Å². The van der Waals surface area contributed by atoms with Crippen LogP contribution >= 0.6 is 15.9 Å². The van der Waals surface area contributed by atoms with Crippen molar-refractivity contribution in [2.45, 2.75) is 32.4 Å². The van der Waals surface area contributed by atoms with Gasteiger partial charge in [-0.1, -0.05) is 29.8 Å². The van der Waals surface area contributed by atoms with Gasteiger partial charge in [-0.25, -0.2) is 9.69 Å². The number of hydrogen-bond donors (Lipinski definition) is 3. The summed E-state index contributed by atoms with van der Waals surface area (Å²) in [6.07, 6.45) is 2.36. The molecule has 9 nitrogen and oxygen atoms in total. The van der Waals surface area contributed by atoms with Gasteiger partial charge in [-0.15, -0.1) is 0 Å². The molecule has 0 spiro atoms. The van der Waals surface area contributed by atoms with Crippen LogP contribution in [-0.2, 0) is 10.5 Å². The van der Waals surface area contributed by atoms with Crippen molar-refractivity contribution in [2.75, 3.05) is 50.6 Å². The molecule has 10 heteroatoms. The van der Waals surface area contributed by atoms with E-state index < -0.39 is 17.7 Å². The highest BCUT2D eigenvalue weighted by Crippen LogP contribution is 2.44. The number of likely N-dealkylation sites (tertiary alicyclic amines) is 1. The van der Waals surface area contributed by atoms with Gasteiger partial charge in [0.2, 0.25) is 0 Å². The molecule has 0 radical (unpaired) electrons. The first-order chi connectivity index (χ1) is 17.7. The van der Waals surface area contributed by atoms with E-state index in [9.17, 15) is 14.7 Å². The summed E-state index contributed by atoms with van der Waals surface area (Å²) in [7, 11) is 2.97. The molecule has 2 atom stereocenters. The Kier molecular flexibility index (Phi) is 8.30. The number of anilines is 2. The van der Waals surface area contributed by atoms with Crippen molar-refractivity contribution in [2.24, 2.45) is 11.8 Å². The predicted molar refractivity (Wildman–Crippen MR) is 146 cm³/mol. The molecule has 2 aliphatic rings. The molecule has 1 saturated heterocycles. The van der Waals surface area contributed by atoms with Gasteiger partial charge < -0.3 is 30.1 Å². The van der Waals surface area contributed by atoms with E-state index in [-0.39, 0.29) is 22.9 Å². The van der Waals surface area contributed by atoms with Gasteiger partial charge in [-0.2, -0.15) is 0 Å². The number of nitrogens with one attached hydrogen (secondary N) is 2. The van der Waals surface area contributed by atoms with E-state index in [0.717, 1.165) is 30.5 Å². The van der Waals surface area contributed by atoms with Crippen LogP contribution in [0, 0.1) is 11.8 Å². The second-order valence-electron chi connectivity index (χ2n) is 9.96. The van der Waals surface area contributed by atoms with Crippen LogP contribution in [0.4, 0.5) is 16.2 Å². The van der Waals surface area contributed by atoms with E-state index >= 15 is 0 Å². The summed E-state index contributed by atoms with van der Waals surface area (Å²) in [4.78, 5) is 30.6. The summed E-state index contributed by atoms with van der Waals surface area (Å²) >= 11 is 3.43. The molecular weight excluding hydrogens is 540 g/mol. The number of carbonyl (C=O) groups excluding carboxylic acids is 2. The van der Waals surface area contributed by atoms with E-state index in [4.69, 9.17) is 9.47 Å². The van der Waals surface area contributed by atoms with Crippen LogP contribution in [0.15, 0.2) is 40.9 Å². The molecule has 2 aromatic carbocycles. The molecule has 0 unspecified atom stereocenters. The summed E-state index contributed by atoms with van der Waals surface area (Å²) in [5.74, 6) is 0.989. The zero-order valence-corrected chi connectivity index (χ0v) is 23.3. The van der Waals surface area contributed by atoms with Gasteiger partial charge in [0.15, 0.2) is 0 Å². The summed E-state index contributed by atoms with van der Waals surface area (Å²) in [6, 6.07) is 9.18. The molecule has 2 aliphatic heterocycles. The van der Waals surface area contributed by atoms with Gasteiger partial charge in [0.25, 0.3) is 11.6 Å². The standard InChI is InChI=1S/C27H35BrN4O5/c1-17-9-11-31(12-10-17)16-18(2)15-29-25(33)27(35)21-13-19(28)5-7-22(21)30-26(34)32(27)23-8-6-20(36-3)14-24(23)37-4/h5-8,13-14,17-18,35H,9-12,15-16H2,1-4H3,(H,29,33)(H,30,34)/t18-,27-/m0/s1. The quantitative estimate of drug-likeness (QED) is 0.437. The van der Waals surface area contributed by atoms with Crippen molar-refractivity contribution in [3.8, 4) is 11.5 Å². The number of aliphatic hydroxyl groups is 1. The fraction of sp³-hybridized carbons (Fsp3) is 0.481. The van der Waals surface area contributed by atoms with Crippen molar-refractivity contribution >= 4 is 39.2 Å². The second kappa shape index (κ2) is 11.3. The summed E-state index contributed by atoms with van der Waals surface area (Å²) < 4.78 is 11.4. The number of benzene rings is 2. The first-order valence-corrected chi connectivity index (χ1v) is 13.3. The van der Waals surface area contributed by atoms with Gasteiger partial charge >= 0.3 is 6.03 Å². The highest BCUT2D eigenvalue weighted by Gasteiger charge is 2.53. The maximum absolute atomic E-state index is 13.8. The number of hydrogen-bond acceptors (Lipinski definition) is 6. The van der Waals surface area contributed by atoms with Crippen molar-refractivity contribution in [3.05, 3.63) is 46.4 Å². The van der Waals surface area contributed by atoms with Crippen LogP contribution in [0.2, 0.25) is 0 Å². The number of methoxy groups -OCH3 is 2. The number of nitrogens with zero attached hydrogens (tertiary/aromatic N) is 2. The van der Waals surface area contributed by atoms with E-state index in [1.165, 1.54) is 27.1 Å². The maximum atomic E-state index is 13.8. The van der Waals surface area contributed by atoms with Crippen LogP contribution in [0.5, 0.6) is 11.5 Å². The number of piperidine rings is 1. The number of urea groups is 1. The highest BCUT2D eigenvalue weighted by atomic mass is 79.9. The molecule has 37 heavy (non-hydrogen) atoms. The van der Waals surface area contributed by atoms with Crippen molar-refractivity contribution in [1.29, 1.82) is 0 Å². The largest absolute Gasteiger partial charge is 0.497 e. The van der Waals surface area contributed by atoms with E-state index in [1.54, 1.807) is 36.4 Å². The lowest BCUT2D eigenvalue weighted by Crippen LogP contribution is -2.63. The minimum Gasteiger partial charge on any atom is -0.497 e. The number of ether oxygens (including phenoxy) is 2. The SMILES string of the molecule is COc1ccc(N2C(=O)Nc3ccc(Br)cc3[C@]2(O)C(=O)NC[C@H](C)CN2CCC(C)CC2)c(OC)c1. The third-order valence-electron chi connectivity index (χ3n) is 7.13. The number of fused-ring (bicyclic) bond motifs is 1. The Morgan fingerprint density at radius 1 is 1.22 bits per heavy atom. The van der Waals surface area contributed by atoms with Crippen molar-refractivity contribution in [1.82, 2.24) is 10.2 Å². The third kappa shape index (κ3) is 5.56. The van der Waals surface area contributed by atoms with Crippen LogP contribution < -0.4 is 25.0 Å². The molecule has 1 fully saturated rings. The first-order valence-electron chi connectivity index (χ1n) is 12.5. The molecule has 0 aliphatic carbocycles. The van der Waals surface area contributed by atoms with Gasteiger partial charge in [-0.05, 0) is 68.1 Å². The zero-order chi connectivity index (χ0) is 26.7. The van der Waals surface area contributed by atoms with Crippen LogP contribution in [-0.4, -0.2) is 62.3 Å². The Labute approximate surface area is 226 Å². The number of carbonyl (C=O) groups is 2. The lowest BCUT2D eigenvalue weighted by molar-refractivity contribution is -0.140. The molecule has 0 aromatic heterocycles. The molecule has 0 bridgehead atoms. The Bertz CT molecular complexity index is 1150. The lowest BCUT2D eigenvalue weighted by atomic mass is 9.94. The van der Waals surface area contributed by atoms with Gasteiger partial charge in [-0.3, -0.25) is 4.79 Å². The highest BCUT2D eigenvalue weighted by molar-refractivity contribution is 9.10. The molecule has 200 valence electrons. The van der Waals surface area contributed by atoms with Gasteiger partial charge in [0.1, 0.15) is 11.5 Å². The topological polar surface area (TPSA) is 103 Å². The molecule has 4 rings (SSSR count). The van der Waals surface area contributed by atoms with Crippen LogP contribution in [0.25, 0.3) is 0 Å². The number of halogens is 1. The Hall–Kier alpha value is -2.82. The Morgan fingerprint density at radius 3 is 2.62 bits per heavy atom. The van der Waals surface area contributed by atoms with Crippen molar-refractivity contribution in [3.63, 3.8) is 0 Å². The smallest absolute Gasteiger partial charge is 0.329 e. The minimum absolute atomic E-state index is 0.157.